The molecule has 1 heterocycles. The predicted octanol–water partition coefficient (Wildman–Crippen LogP) is -1.40. The van der Waals surface area contributed by atoms with Crippen molar-refractivity contribution in [3.8, 4) is 0 Å². The molecule has 4 atom stereocenters. The molecule has 0 fully saturated rings. The van der Waals surface area contributed by atoms with E-state index in [9.17, 15) is 24.0 Å². The summed E-state index contributed by atoms with van der Waals surface area (Å²) in [6.07, 6.45) is 2.64. The van der Waals surface area contributed by atoms with Gasteiger partial charge in [-0.05, 0) is 44.4 Å². The van der Waals surface area contributed by atoms with Crippen molar-refractivity contribution in [2.45, 2.75) is 63.2 Å². The molecule has 4 amide bonds. The second-order valence-corrected chi connectivity index (χ2v) is 8.82. The van der Waals surface area contributed by atoms with Crippen LogP contribution < -0.4 is 33.2 Å². The highest BCUT2D eigenvalue weighted by Gasteiger charge is 2.30. The Morgan fingerprint density at radius 3 is 2.27 bits per heavy atom. The van der Waals surface area contributed by atoms with Gasteiger partial charge in [-0.25, -0.2) is 0 Å². The summed E-state index contributed by atoms with van der Waals surface area (Å²) in [5, 5.41) is 17.5. The second kappa shape index (κ2) is 13.9. The van der Waals surface area contributed by atoms with Gasteiger partial charge in [-0.15, -0.1) is 0 Å². The Balaban J connectivity index is 2.28. The number of H-pyrrole nitrogens is 1. The molecule has 13 heteroatoms. The van der Waals surface area contributed by atoms with Crippen LogP contribution in [0.15, 0.2) is 30.5 Å². The van der Waals surface area contributed by atoms with Crippen molar-refractivity contribution in [3.63, 3.8) is 0 Å². The van der Waals surface area contributed by atoms with Crippen LogP contribution in [0.2, 0.25) is 0 Å². The van der Waals surface area contributed by atoms with E-state index in [1.165, 1.54) is 6.92 Å². The molecular weight excluding hydrogens is 482 g/mol. The van der Waals surface area contributed by atoms with Gasteiger partial charge in [0.1, 0.15) is 18.1 Å². The molecule has 1 aromatic heterocycles. The number of nitrogens with one attached hydrogen (secondary N) is 4. The number of hydrogen-bond donors (Lipinski definition) is 8. The molecular formula is C24H35N7O6. The van der Waals surface area contributed by atoms with Crippen LogP contribution in [-0.4, -0.2) is 70.4 Å². The molecule has 11 N–H and O–H groups in total. The summed E-state index contributed by atoms with van der Waals surface area (Å²) in [4.78, 5) is 64.3. The molecule has 4 unspecified atom stereocenters. The third-order valence-corrected chi connectivity index (χ3v) is 5.80. The first-order valence-corrected chi connectivity index (χ1v) is 12.0. The molecule has 13 nitrogen and oxygen atoms in total. The zero-order valence-corrected chi connectivity index (χ0v) is 20.7. The standard InChI is InChI=1S/C24H35N7O6/c1-13(24(36)37)29-22(34)18(8-4-5-9-25)30-23(35)19(31-21(33)16(26)11-20(27)32)10-14-12-28-17-7-3-2-6-15(14)17/h2-3,6-7,12-13,16,18-19,28H,4-5,8-11,25-26H2,1H3,(H2,27,32)(H,29,34)(H,30,35)(H,31,33)(H,36,37). The second-order valence-electron chi connectivity index (χ2n) is 8.82. The van der Waals surface area contributed by atoms with Gasteiger partial charge in [0.15, 0.2) is 0 Å². The number of nitrogens with two attached hydrogens (primary N) is 3. The van der Waals surface area contributed by atoms with Gasteiger partial charge >= 0.3 is 5.97 Å². The van der Waals surface area contributed by atoms with Crippen LogP contribution in [0.1, 0.15) is 38.2 Å². The number of carbonyl (C=O) groups is 5. The van der Waals surface area contributed by atoms with Gasteiger partial charge in [-0.3, -0.25) is 24.0 Å². The summed E-state index contributed by atoms with van der Waals surface area (Å²) in [6.45, 7) is 1.68. The number of aromatic amines is 1. The van der Waals surface area contributed by atoms with Gasteiger partial charge in [0, 0.05) is 23.5 Å². The van der Waals surface area contributed by atoms with E-state index in [1.54, 1.807) is 6.20 Å². The first kappa shape index (κ1) is 29.3. The van der Waals surface area contributed by atoms with Gasteiger partial charge in [-0.1, -0.05) is 18.2 Å². The number of fused-ring (bicyclic) bond motifs is 1. The Hall–Kier alpha value is -3.97. The average Bonchev–Trinajstić information content (AvgIpc) is 3.25. The minimum absolute atomic E-state index is 0.0492. The number of para-hydroxylation sites is 1. The maximum Gasteiger partial charge on any atom is 0.325 e. The SMILES string of the molecule is CC(NC(=O)C(CCCCN)NC(=O)C(Cc1c[nH]c2ccccc12)NC(=O)C(N)CC(N)=O)C(=O)O. The Morgan fingerprint density at radius 1 is 0.973 bits per heavy atom. The minimum Gasteiger partial charge on any atom is -0.480 e. The maximum atomic E-state index is 13.4. The monoisotopic (exact) mass is 517 g/mol. The zero-order chi connectivity index (χ0) is 27.5. The number of unbranched alkanes of at least 4 members (excludes halogenated alkanes) is 1. The topological polar surface area (TPSA) is 236 Å². The third-order valence-electron chi connectivity index (χ3n) is 5.80. The molecule has 0 aliphatic carbocycles. The molecule has 37 heavy (non-hydrogen) atoms. The van der Waals surface area contributed by atoms with Crippen molar-refractivity contribution >= 4 is 40.5 Å². The van der Waals surface area contributed by atoms with Crippen LogP contribution in [0, 0.1) is 0 Å². The highest BCUT2D eigenvalue weighted by Crippen LogP contribution is 2.19. The van der Waals surface area contributed by atoms with Gasteiger partial charge in [0.05, 0.1) is 12.5 Å². The lowest BCUT2D eigenvalue weighted by Gasteiger charge is -2.24. The van der Waals surface area contributed by atoms with Gasteiger partial charge < -0.3 is 43.2 Å². The van der Waals surface area contributed by atoms with Crippen LogP contribution in [0.25, 0.3) is 10.9 Å². The van der Waals surface area contributed by atoms with Crippen LogP contribution >= 0.6 is 0 Å². The van der Waals surface area contributed by atoms with Crippen LogP contribution in [-0.2, 0) is 30.4 Å². The number of carbonyl (C=O) groups excluding carboxylic acids is 4. The molecule has 0 aliphatic heterocycles. The number of aromatic nitrogens is 1. The van der Waals surface area contributed by atoms with E-state index in [1.807, 2.05) is 24.3 Å². The number of amides is 4. The average molecular weight is 518 g/mol. The number of benzene rings is 1. The van der Waals surface area contributed by atoms with E-state index in [0.29, 0.717) is 19.4 Å². The molecule has 0 aliphatic rings. The summed E-state index contributed by atoms with van der Waals surface area (Å²) in [5.74, 6) is -4.12. The number of carboxylic acids is 1. The maximum absolute atomic E-state index is 13.4. The molecule has 202 valence electrons. The Kier molecular flexibility index (Phi) is 11.0. The number of hydrogen-bond acceptors (Lipinski definition) is 7. The van der Waals surface area contributed by atoms with E-state index in [4.69, 9.17) is 22.3 Å². The van der Waals surface area contributed by atoms with Gasteiger partial charge in [0.25, 0.3) is 0 Å². The lowest BCUT2D eigenvalue weighted by Crippen LogP contribution is -2.57. The molecule has 1 aromatic carbocycles. The molecule has 0 radical (unpaired) electrons. The lowest BCUT2D eigenvalue weighted by molar-refractivity contribution is -0.141. The van der Waals surface area contributed by atoms with Crippen molar-refractivity contribution in [1.29, 1.82) is 0 Å². The van der Waals surface area contributed by atoms with E-state index in [0.717, 1.165) is 16.5 Å². The lowest BCUT2D eigenvalue weighted by atomic mass is 10.0. The number of aliphatic carboxylic acids is 1. The predicted molar refractivity (Wildman–Crippen MR) is 136 cm³/mol. The molecule has 0 bridgehead atoms. The summed E-state index contributed by atoms with van der Waals surface area (Å²) in [5.41, 5.74) is 18.0. The molecule has 2 rings (SSSR count). The van der Waals surface area contributed by atoms with Crippen molar-refractivity contribution in [3.05, 3.63) is 36.0 Å². The quantitative estimate of drug-likeness (QED) is 0.130. The van der Waals surface area contributed by atoms with Crippen molar-refractivity contribution < 1.29 is 29.1 Å². The van der Waals surface area contributed by atoms with Gasteiger partial charge in [-0.2, -0.15) is 0 Å². The fraction of sp³-hybridized carbons (Fsp3) is 0.458. The third kappa shape index (κ3) is 8.88. The first-order chi connectivity index (χ1) is 17.5. The fourth-order valence-corrected chi connectivity index (χ4v) is 3.73. The largest absolute Gasteiger partial charge is 0.480 e. The summed E-state index contributed by atoms with van der Waals surface area (Å²) in [6, 6.07) is 2.72. The molecule has 0 saturated heterocycles. The van der Waals surface area contributed by atoms with E-state index in [2.05, 4.69) is 20.9 Å². The summed E-state index contributed by atoms with van der Waals surface area (Å²) >= 11 is 0. The fourth-order valence-electron chi connectivity index (χ4n) is 3.73. The zero-order valence-electron chi connectivity index (χ0n) is 20.7. The van der Waals surface area contributed by atoms with Crippen molar-refractivity contribution in [2.24, 2.45) is 17.2 Å². The Bertz CT molecular complexity index is 1120. The van der Waals surface area contributed by atoms with Crippen molar-refractivity contribution in [1.82, 2.24) is 20.9 Å². The van der Waals surface area contributed by atoms with Crippen LogP contribution in [0.4, 0.5) is 0 Å². The van der Waals surface area contributed by atoms with E-state index >= 15 is 0 Å². The smallest absolute Gasteiger partial charge is 0.325 e. The molecule has 0 spiro atoms. The number of rotatable bonds is 15. The van der Waals surface area contributed by atoms with Crippen LogP contribution in [0.5, 0.6) is 0 Å². The van der Waals surface area contributed by atoms with Crippen LogP contribution in [0.3, 0.4) is 0 Å². The normalized spacial score (nSPS) is 14.2. The highest BCUT2D eigenvalue weighted by molar-refractivity contribution is 5.95. The summed E-state index contributed by atoms with van der Waals surface area (Å²) in [7, 11) is 0. The summed E-state index contributed by atoms with van der Waals surface area (Å²) < 4.78 is 0. The van der Waals surface area contributed by atoms with E-state index < -0.39 is 60.2 Å². The molecule has 2 aromatic rings. The number of carboxylic acid groups (broad SMARTS) is 1. The van der Waals surface area contributed by atoms with Crippen molar-refractivity contribution in [2.75, 3.05) is 6.54 Å². The minimum atomic E-state index is -1.27. The number of primary amides is 1. The van der Waals surface area contributed by atoms with E-state index in [-0.39, 0.29) is 12.8 Å². The first-order valence-electron chi connectivity index (χ1n) is 12.0. The Labute approximate surface area is 213 Å². The highest BCUT2D eigenvalue weighted by atomic mass is 16.4. The Morgan fingerprint density at radius 2 is 1.62 bits per heavy atom. The van der Waals surface area contributed by atoms with Gasteiger partial charge in [0.2, 0.25) is 23.6 Å². The molecule has 0 saturated carbocycles.